The molecule has 0 spiro atoms. The molecule has 126 valence electrons. The van der Waals surface area contributed by atoms with E-state index in [0.29, 0.717) is 11.2 Å². The van der Waals surface area contributed by atoms with E-state index in [9.17, 15) is 4.79 Å². The van der Waals surface area contributed by atoms with Crippen LogP contribution in [0, 0.1) is 0 Å². The number of rotatable bonds is 6. The van der Waals surface area contributed by atoms with Crippen molar-refractivity contribution in [2.45, 2.75) is 57.8 Å². The summed E-state index contributed by atoms with van der Waals surface area (Å²) < 4.78 is 5.11. The molecule has 0 bridgehead atoms. The minimum atomic E-state index is -0.271. The normalized spacial score (nSPS) is 19.1. The summed E-state index contributed by atoms with van der Waals surface area (Å²) in [5.41, 5.74) is 4.75. The Hall–Kier alpha value is -2.09. The van der Waals surface area contributed by atoms with E-state index in [1.165, 1.54) is 50.2 Å². The van der Waals surface area contributed by atoms with Crippen molar-refractivity contribution >= 4 is 5.97 Å². The number of hydrogen-bond acceptors (Lipinski definition) is 2. The van der Waals surface area contributed by atoms with Gasteiger partial charge in [-0.05, 0) is 66.3 Å². The molecule has 0 aromatic heterocycles. The molecule has 2 nitrogen and oxygen atoms in total. The lowest BCUT2D eigenvalue weighted by molar-refractivity contribution is -0.131. The number of benzene rings is 2. The second-order valence-corrected chi connectivity index (χ2v) is 6.93. The maximum absolute atomic E-state index is 11.0. The summed E-state index contributed by atoms with van der Waals surface area (Å²) in [5, 5.41) is 0. The Morgan fingerprint density at radius 3 is 2.54 bits per heavy atom. The van der Waals surface area contributed by atoms with E-state index in [2.05, 4.69) is 43.3 Å². The largest absolute Gasteiger partial charge is 0.427 e. The molecular weight excluding hydrogens is 296 g/mol. The number of ether oxygens (including phenoxy) is 1. The van der Waals surface area contributed by atoms with Crippen LogP contribution in [-0.2, 0) is 23.1 Å². The molecule has 24 heavy (non-hydrogen) atoms. The number of esters is 1. The molecule has 2 heteroatoms. The molecule has 0 aliphatic heterocycles. The van der Waals surface area contributed by atoms with Gasteiger partial charge in [-0.15, -0.1) is 0 Å². The lowest BCUT2D eigenvalue weighted by Gasteiger charge is -2.30. The highest BCUT2D eigenvalue weighted by Crippen LogP contribution is 2.45. The number of aryl methyl sites for hydroxylation is 2. The zero-order chi connectivity index (χ0) is 17.0. The quantitative estimate of drug-likeness (QED) is 0.538. The fraction of sp³-hybridized carbons (Fsp3) is 0.409. The summed E-state index contributed by atoms with van der Waals surface area (Å²) in [6, 6.07) is 16.9. The van der Waals surface area contributed by atoms with E-state index in [1.807, 2.05) is 12.1 Å². The first-order valence-electron chi connectivity index (χ1n) is 8.99. The molecule has 0 fully saturated rings. The Kier molecular flexibility index (Phi) is 5.03. The first kappa shape index (κ1) is 16.8. The second-order valence-electron chi connectivity index (χ2n) is 6.93. The van der Waals surface area contributed by atoms with Crippen LogP contribution in [0.15, 0.2) is 48.5 Å². The van der Waals surface area contributed by atoms with Crippen LogP contribution < -0.4 is 4.74 Å². The monoisotopic (exact) mass is 322 g/mol. The average molecular weight is 322 g/mol. The number of fused-ring (bicyclic) bond motifs is 1. The van der Waals surface area contributed by atoms with Crippen LogP contribution in [0.1, 0.15) is 56.2 Å². The molecule has 2 aromatic carbocycles. The minimum Gasteiger partial charge on any atom is -0.427 e. The molecule has 0 saturated heterocycles. The van der Waals surface area contributed by atoms with Crippen LogP contribution in [0.5, 0.6) is 5.75 Å². The first-order valence-corrected chi connectivity index (χ1v) is 8.99. The summed E-state index contributed by atoms with van der Waals surface area (Å²) in [5.74, 6) is 0.355. The Balaban J connectivity index is 1.73. The van der Waals surface area contributed by atoms with Crippen molar-refractivity contribution in [1.82, 2.24) is 0 Å². The third-order valence-electron chi connectivity index (χ3n) is 5.27. The Morgan fingerprint density at radius 2 is 1.83 bits per heavy atom. The van der Waals surface area contributed by atoms with Crippen molar-refractivity contribution < 1.29 is 9.53 Å². The van der Waals surface area contributed by atoms with E-state index in [1.54, 1.807) is 5.56 Å². The smallest absolute Gasteiger partial charge is 0.308 e. The topological polar surface area (TPSA) is 26.3 Å². The SMILES string of the molecule is CCC[C@]1(CCc2ccc(OC(C)=O)cc2)CCc2ccccc21. The highest BCUT2D eigenvalue weighted by molar-refractivity contribution is 5.69. The molecule has 1 aliphatic rings. The zero-order valence-corrected chi connectivity index (χ0v) is 14.7. The predicted octanol–water partition coefficient (Wildman–Crippen LogP) is 5.23. The van der Waals surface area contributed by atoms with Crippen LogP contribution in [0.4, 0.5) is 0 Å². The van der Waals surface area contributed by atoms with Gasteiger partial charge in [0.2, 0.25) is 0 Å². The molecule has 0 heterocycles. The van der Waals surface area contributed by atoms with Gasteiger partial charge < -0.3 is 4.74 Å². The van der Waals surface area contributed by atoms with Crippen molar-refractivity contribution in [2.24, 2.45) is 0 Å². The van der Waals surface area contributed by atoms with Gasteiger partial charge in [-0.3, -0.25) is 4.79 Å². The van der Waals surface area contributed by atoms with E-state index in [4.69, 9.17) is 4.74 Å². The maximum atomic E-state index is 11.0. The van der Waals surface area contributed by atoms with Gasteiger partial charge in [0.1, 0.15) is 5.75 Å². The van der Waals surface area contributed by atoms with Crippen molar-refractivity contribution in [1.29, 1.82) is 0 Å². The second kappa shape index (κ2) is 7.21. The minimum absolute atomic E-state index is 0.271. The number of carbonyl (C=O) groups excluding carboxylic acids is 1. The Bertz CT molecular complexity index is 698. The van der Waals surface area contributed by atoms with Crippen LogP contribution in [0.2, 0.25) is 0 Å². The van der Waals surface area contributed by atoms with E-state index in [0.717, 1.165) is 6.42 Å². The molecule has 0 radical (unpaired) electrons. The molecule has 0 saturated carbocycles. The highest BCUT2D eigenvalue weighted by atomic mass is 16.5. The molecule has 1 atom stereocenters. The number of carbonyl (C=O) groups is 1. The third-order valence-corrected chi connectivity index (χ3v) is 5.27. The van der Waals surface area contributed by atoms with Crippen LogP contribution in [0.3, 0.4) is 0 Å². The van der Waals surface area contributed by atoms with Crippen molar-refractivity contribution in [3.63, 3.8) is 0 Å². The van der Waals surface area contributed by atoms with E-state index >= 15 is 0 Å². The standard InChI is InChI=1S/C22H26O2/c1-3-14-22(16-13-19-6-4-5-7-21(19)22)15-12-18-8-10-20(11-9-18)24-17(2)23/h4-11H,3,12-16H2,1-2H3/t22-/m0/s1. The Labute approximate surface area is 144 Å². The van der Waals surface area contributed by atoms with E-state index in [-0.39, 0.29) is 5.97 Å². The van der Waals surface area contributed by atoms with Crippen molar-refractivity contribution in [3.8, 4) is 5.75 Å². The summed E-state index contributed by atoms with van der Waals surface area (Å²) in [6.45, 7) is 3.72. The zero-order valence-electron chi connectivity index (χ0n) is 14.7. The lowest BCUT2D eigenvalue weighted by Crippen LogP contribution is -2.23. The van der Waals surface area contributed by atoms with E-state index < -0.39 is 0 Å². The fourth-order valence-corrected chi connectivity index (χ4v) is 4.16. The van der Waals surface area contributed by atoms with Gasteiger partial charge in [-0.2, -0.15) is 0 Å². The van der Waals surface area contributed by atoms with Crippen LogP contribution in [-0.4, -0.2) is 5.97 Å². The molecule has 0 N–H and O–H groups in total. The summed E-state index contributed by atoms with van der Waals surface area (Å²) >= 11 is 0. The first-order chi connectivity index (χ1) is 11.6. The van der Waals surface area contributed by atoms with Crippen LogP contribution >= 0.6 is 0 Å². The predicted molar refractivity (Wildman–Crippen MR) is 97.4 cm³/mol. The summed E-state index contributed by atoms with van der Waals surface area (Å²) in [4.78, 5) is 11.0. The molecular formula is C22H26O2. The lowest BCUT2D eigenvalue weighted by atomic mass is 9.74. The van der Waals surface area contributed by atoms with Gasteiger partial charge in [0.25, 0.3) is 0 Å². The van der Waals surface area contributed by atoms with Crippen LogP contribution in [0.25, 0.3) is 0 Å². The molecule has 3 rings (SSSR count). The van der Waals surface area contributed by atoms with Gasteiger partial charge in [0.05, 0.1) is 0 Å². The highest BCUT2D eigenvalue weighted by Gasteiger charge is 2.36. The van der Waals surface area contributed by atoms with Gasteiger partial charge in [0, 0.05) is 6.92 Å². The van der Waals surface area contributed by atoms with Gasteiger partial charge >= 0.3 is 5.97 Å². The summed E-state index contributed by atoms with van der Waals surface area (Å²) in [6.07, 6.45) is 7.21. The third kappa shape index (κ3) is 3.53. The molecule has 0 unspecified atom stereocenters. The van der Waals surface area contributed by atoms with Gasteiger partial charge in [-0.1, -0.05) is 49.7 Å². The number of hydrogen-bond donors (Lipinski definition) is 0. The molecule has 1 aliphatic carbocycles. The summed E-state index contributed by atoms with van der Waals surface area (Å²) in [7, 11) is 0. The van der Waals surface area contributed by atoms with Crippen molar-refractivity contribution in [3.05, 3.63) is 65.2 Å². The van der Waals surface area contributed by atoms with Gasteiger partial charge in [-0.25, -0.2) is 0 Å². The van der Waals surface area contributed by atoms with Crippen molar-refractivity contribution in [2.75, 3.05) is 0 Å². The maximum Gasteiger partial charge on any atom is 0.308 e. The Morgan fingerprint density at radius 1 is 1.08 bits per heavy atom. The van der Waals surface area contributed by atoms with Gasteiger partial charge in [0.15, 0.2) is 0 Å². The molecule has 2 aromatic rings. The molecule has 0 amide bonds. The average Bonchev–Trinajstić information content (AvgIpc) is 2.94. The fourth-order valence-electron chi connectivity index (χ4n) is 4.16.